The molecule has 0 N–H and O–H groups in total. The lowest BCUT2D eigenvalue weighted by Gasteiger charge is -2.07. The summed E-state index contributed by atoms with van der Waals surface area (Å²) >= 11 is 1.49. The van der Waals surface area contributed by atoms with Gasteiger partial charge in [-0.05, 0) is 36.4 Å². The molecule has 0 aliphatic heterocycles. The monoisotopic (exact) mass is 385 g/mol. The highest BCUT2D eigenvalue weighted by Gasteiger charge is 2.09. The molecule has 0 bridgehead atoms. The highest BCUT2D eigenvalue weighted by molar-refractivity contribution is 7.13. The largest absolute Gasteiger partial charge is 0.497 e. The van der Waals surface area contributed by atoms with Crippen LogP contribution in [0.3, 0.4) is 0 Å². The maximum absolute atomic E-state index is 11.9. The van der Waals surface area contributed by atoms with Crippen LogP contribution in [-0.2, 0) is 16.1 Å². The second kappa shape index (κ2) is 9.05. The zero-order valence-electron chi connectivity index (χ0n) is 15.0. The molecule has 0 fully saturated rings. The average molecular weight is 385 g/mol. The number of carbonyl (C=O) groups excluding carboxylic acids is 1. The van der Waals surface area contributed by atoms with Crippen LogP contribution in [0.2, 0.25) is 0 Å². The van der Waals surface area contributed by atoms with E-state index < -0.39 is 5.97 Å². The molecule has 0 spiro atoms. The zero-order chi connectivity index (χ0) is 19.1. The molecule has 3 aromatic rings. The van der Waals surface area contributed by atoms with Crippen LogP contribution in [0.5, 0.6) is 17.2 Å². The number of hydrogen-bond acceptors (Lipinski definition) is 7. The van der Waals surface area contributed by atoms with E-state index in [1.807, 2.05) is 29.6 Å². The smallest absolute Gasteiger partial charge is 0.344 e. The number of nitrogens with zero attached hydrogens (tertiary/aromatic N) is 1. The summed E-state index contributed by atoms with van der Waals surface area (Å²) in [6.07, 6.45) is 0. The molecule has 1 heterocycles. The minimum Gasteiger partial charge on any atom is -0.497 e. The molecule has 2 aromatic carbocycles. The topological polar surface area (TPSA) is 66.9 Å². The van der Waals surface area contributed by atoms with E-state index in [-0.39, 0.29) is 13.2 Å². The van der Waals surface area contributed by atoms with Crippen molar-refractivity contribution in [2.75, 3.05) is 20.8 Å². The van der Waals surface area contributed by atoms with Gasteiger partial charge in [0.2, 0.25) is 0 Å². The second-order valence-electron chi connectivity index (χ2n) is 5.50. The Labute approximate surface area is 161 Å². The third kappa shape index (κ3) is 5.21. The third-order valence-corrected chi connectivity index (χ3v) is 4.61. The van der Waals surface area contributed by atoms with Crippen molar-refractivity contribution >= 4 is 17.3 Å². The Morgan fingerprint density at radius 2 is 1.74 bits per heavy atom. The summed E-state index contributed by atoms with van der Waals surface area (Å²) in [4.78, 5) is 16.4. The lowest BCUT2D eigenvalue weighted by Crippen LogP contribution is -2.14. The number of ether oxygens (including phenoxy) is 4. The van der Waals surface area contributed by atoms with E-state index in [9.17, 15) is 4.79 Å². The number of benzene rings is 2. The molecule has 0 atom stereocenters. The fourth-order valence-corrected chi connectivity index (χ4v) is 3.07. The van der Waals surface area contributed by atoms with Gasteiger partial charge in [0.25, 0.3) is 0 Å². The molecule has 0 saturated carbocycles. The molecule has 1 aromatic heterocycles. The van der Waals surface area contributed by atoms with E-state index in [0.717, 1.165) is 22.1 Å². The molecule has 27 heavy (non-hydrogen) atoms. The molecule has 7 heteroatoms. The second-order valence-corrected chi connectivity index (χ2v) is 6.36. The first-order valence-electron chi connectivity index (χ1n) is 8.19. The van der Waals surface area contributed by atoms with Gasteiger partial charge >= 0.3 is 5.97 Å². The Hall–Kier alpha value is -3.06. The summed E-state index contributed by atoms with van der Waals surface area (Å²) in [5.74, 6) is 1.61. The summed E-state index contributed by atoms with van der Waals surface area (Å²) in [6, 6.07) is 14.6. The van der Waals surface area contributed by atoms with Crippen LogP contribution in [0.4, 0.5) is 0 Å². The Balaban J connectivity index is 1.49. The number of aromatic nitrogens is 1. The summed E-state index contributed by atoms with van der Waals surface area (Å²) < 4.78 is 20.9. The summed E-state index contributed by atoms with van der Waals surface area (Å²) in [5, 5.41) is 2.71. The Bertz CT molecular complexity index is 891. The number of carbonyl (C=O) groups is 1. The van der Waals surface area contributed by atoms with Crippen LogP contribution in [-0.4, -0.2) is 31.8 Å². The summed E-state index contributed by atoms with van der Waals surface area (Å²) in [7, 11) is 3.21. The van der Waals surface area contributed by atoms with Gasteiger partial charge in [-0.25, -0.2) is 9.78 Å². The van der Waals surface area contributed by atoms with Gasteiger partial charge in [0, 0.05) is 10.9 Å². The van der Waals surface area contributed by atoms with Gasteiger partial charge in [-0.3, -0.25) is 0 Å². The van der Waals surface area contributed by atoms with E-state index >= 15 is 0 Å². The molecule has 0 aliphatic rings. The van der Waals surface area contributed by atoms with E-state index in [1.165, 1.54) is 11.3 Å². The summed E-state index contributed by atoms with van der Waals surface area (Å²) in [5.41, 5.74) is 1.65. The maximum Gasteiger partial charge on any atom is 0.344 e. The quantitative estimate of drug-likeness (QED) is 0.547. The Kier molecular flexibility index (Phi) is 6.27. The zero-order valence-corrected chi connectivity index (χ0v) is 15.8. The maximum atomic E-state index is 11.9. The molecule has 0 radical (unpaired) electrons. The van der Waals surface area contributed by atoms with Crippen LogP contribution in [0.25, 0.3) is 10.6 Å². The standard InChI is InChI=1S/C20H19NO5S/c1-23-16-6-8-17(9-7-16)25-12-19(22)26-11-15-13-27-20(21-15)14-4-3-5-18(10-14)24-2/h3-10,13H,11-12H2,1-2H3. The predicted octanol–water partition coefficient (Wildman–Crippen LogP) is 3.95. The van der Waals surface area contributed by atoms with Crippen molar-refractivity contribution in [1.29, 1.82) is 0 Å². The van der Waals surface area contributed by atoms with Gasteiger partial charge < -0.3 is 18.9 Å². The normalized spacial score (nSPS) is 10.3. The molecule has 0 unspecified atom stereocenters. The number of rotatable bonds is 8. The highest BCUT2D eigenvalue weighted by atomic mass is 32.1. The SMILES string of the molecule is COc1ccc(OCC(=O)OCc2csc(-c3cccc(OC)c3)n2)cc1. The lowest BCUT2D eigenvalue weighted by molar-refractivity contribution is -0.147. The fraction of sp³-hybridized carbons (Fsp3) is 0.200. The van der Waals surface area contributed by atoms with Crippen molar-refractivity contribution in [1.82, 2.24) is 4.98 Å². The minimum atomic E-state index is -0.457. The Morgan fingerprint density at radius 3 is 2.48 bits per heavy atom. The molecule has 3 rings (SSSR count). The van der Waals surface area contributed by atoms with Crippen LogP contribution >= 0.6 is 11.3 Å². The first kappa shape index (κ1) is 18.7. The number of thiazole rings is 1. The van der Waals surface area contributed by atoms with Crippen molar-refractivity contribution < 1.29 is 23.7 Å². The molecule has 0 aliphatic carbocycles. The number of esters is 1. The molecule has 140 valence electrons. The molecular formula is C20H19NO5S. The lowest BCUT2D eigenvalue weighted by atomic mass is 10.2. The van der Waals surface area contributed by atoms with Gasteiger partial charge in [-0.15, -0.1) is 11.3 Å². The van der Waals surface area contributed by atoms with Crippen LogP contribution in [0, 0.1) is 0 Å². The number of methoxy groups -OCH3 is 2. The van der Waals surface area contributed by atoms with E-state index in [0.29, 0.717) is 11.4 Å². The van der Waals surface area contributed by atoms with Crippen molar-refractivity contribution in [3.63, 3.8) is 0 Å². The van der Waals surface area contributed by atoms with Crippen LogP contribution in [0.1, 0.15) is 5.69 Å². The van der Waals surface area contributed by atoms with Crippen LogP contribution in [0.15, 0.2) is 53.9 Å². The first-order chi connectivity index (χ1) is 13.2. The van der Waals surface area contributed by atoms with Gasteiger partial charge in [-0.1, -0.05) is 12.1 Å². The highest BCUT2D eigenvalue weighted by Crippen LogP contribution is 2.27. The van der Waals surface area contributed by atoms with Crippen molar-refractivity contribution in [3.05, 3.63) is 59.6 Å². The van der Waals surface area contributed by atoms with E-state index in [1.54, 1.807) is 38.5 Å². The number of hydrogen-bond donors (Lipinski definition) is 0. The van der Waals surface area contributed by atoms with E-state index in [2.05, 4.69) is 4.98 Å². The van der Waals surface area contributed by atoms with E-state index in [4.69, 9.17) is 18.9 Å². The predicted molar refractivity (Wildman–Crippen MR) is 102 cm³/mol. The van der Waals surface area contributed by atoms with Gasteiger partial charge in [0.15, 0.2) is 6.61 Å². The molecule has 0 saturated heterocycles. The van der Waals surface area contributed by atoms with Gasteiger partial charge in [0.1, 0.15) is 28.9 Å². The minimum absolute atomic E-state index is 0.102. The molecule has 6 nitrogen and oxygen atoms in total. The first-order valence-corrected chi connectivity index (χ1v) is 9.07. The fourth-order valence-electron chi connectivity index (χ4n) is 2.27. The third-order valence-electron chi connectivity index (χ3n) is 3.67. The molecular weight excluding hydrogens is 366 g/mol. The summed E-state index contributed by atoms with van der Waals surface area (Å²) in [6.45, 7) is -0.0650. The van der Waals surface area contributed by atoms with Gasteiger partial charge in [0.05, 0.1) is 19.9 Å². The van der Waals surface area contributed by atoms with Gasteiger partial charge in [-0.2, -0.15) is 0 Å². The average Bonchev–Trinajstić information content (AvgIpc) is 3.20. The van der Waals surface area contributed by atoms with Crippen molar-refractivity contribution in [3.8, 4) is 27.8 Å². The Morgan fingerprint density at radius 1 is 1.00 bits per heavy atom. The van der Waals surface area contributed by atoms with Crippen molar-refractivity contribution in [2.24, 2.45) is 0 Å². The molecule has 0 amide bonds. The van der Waals surface area contributed by atoms with Crippen LogP contribution < -0.4 is 14.2 Å². The van der Waals surface area contributed by atoms with Crippen molar-refractivity contribution in [2.45, 2.75) is 6.61 Å².